The zero-order valence-electron chi connectivity index (χ0n) is 13.4. The number of rotatable bonds is 7. The number of nitrogens with one attached hydrogen (secondary N) is 1. The molecule has 0 aromatic heterocycles. The van der Waals surface area contributed by atoms with Crippen LogP contribution in [0.15, 0.2) is 54.6 Å². The molecule has 0 bridgehead atoms. The molecule has 0 saturated carbocycles. The van der Waals surface area contributed by atoms with Crippen LogP contribution in [0.25, 0.3) is 0 Å². The van der Waals surface area contributed by atoms with Crippen LogP contribution in [0.4, 0.5) is 4.79 Å². The fourth-order valence-electron chi connectivity index (χ4n) is 2.45. The molecule has 23 heavy (non-hydrogen) atoms. The number of amides is 1. The number of carbonyl (C=O) groups is 2. The lowest BCUT2D eigenvalue weighted by molar-refractivity contribution is 0.0810. The molecule has 0 saturated heterocycles. The largest absolute Gasteiger partial charge is 0.449 e. The molecule has 1 aliphatic rings. The topological polar surface area (TPSA) is 58.6 Å². The van der Waals surface area contributed by atoms with E-state index in [1.807, 2.05) is 42.5 Å². The lowest BCUT2D eigenvalue weighted by atomic mass is 9.94. The molecular weight excluding hydrogens is 292 g/mol. The van der Waals surface area contributed by atoms with Gasteiger partial charge in [-0.25, -0.2) is 15.2 Å². The maximum absolute atomic E-state index is 12.5. The summed E-state index contributed by atoms with van der Waals surface area (Å²) in [5.74, 6) is 0.0913. The molecule has 2 rings (SSSR count). The highest BCUT2D eigenvalue weighted by Crippen LogP contribution is 2.19. The van der Waals surface area contributed by atoms with Crippen LogP contribution in [0.1, 0.15) is 23.7 Å². The summed E-state index contributed by atoms with van der Waals surface area (Å²) in [7, 11) is 1.60. The third kappa shape index (κ3) is 4.79. The van der Waals surface area contributed by atoms with Gasteiger partial charge in [-0.1, -0.05) is 54.6 Å². The van der Waals surface area contributed by atoms with E-state index in [9.17, 15) is 9.59 Å². The van der Waals surface area contributed by atoms with E-state index >= 15 is 0 Å². The first-order valence-electron chi connectivity index (χ1n) is 7.71. The second kappa shape index (κ2) is 8.29. The summed E-state index contributed by atoms with van der Waals surface area (Å²) < 4.78 is 4.96. The van der Waals surface area contributed by atoms with E-state index < -0.39 is 6.09 Å². The van der Waals surface area contributed by atoms with E-state index in [2.05, 4.69) is 5.43 Å². The van der Waals surface area contributed by atoms with Gasteiger partial charge < -0.3 is 4.74 Å². The fourth-order valence-corrected chi connectivity index (χ4v) is 2.45. The van der Waals surface area contributed by atoms with Crippen LogP contribution in [0.2, 0.25) is 0 Å². The Kier molecular flexibility index (Phi) is 6.11. The van der Waals surface area contributed by atoms with Crippen molar-refractivity contribution in [3.8, 4) is 0 Å². The second-order valence-corrected chi connectivity index (χ2v) is 5.33. The second-order valence-electron chi connectivity index (χ2n) is 5.33. The maximum atomic E-state index is 12.5. The van der Waals surface area contributed by atoms with Gasteiger partial charge in [0.1, 0.15) is 0 Å². The molecule has 1 aromatic rings. The lowest BCUT2D eigenvalue weighted by Gasteiger charge is -2.27. The molecule has 0 heterocycles. The molecular formula is C18H22N2O3. The highest BCUT2D eigenvalue weighted by Gasteiger charge is 2.25. The fraction of sp³-hybridized carbons (Fsp3) is 0.333. The Labute approximate surface area is 136 Å². The van der Waals surface area contributed by atoms with Gasteiger partial charge in [-0.15, -0.1) is 0 Å². The van der Waals surface area contributed by atoms with Crippen LogP contribution in [0, 0.1) is 5.92 Å². The zero-order chi connectivity index (χ0) is 16.7. The van der Waals surface area contributed by atoms with Gasteiger partial charge in [-0.3, -0.25) is 4.79 Å². The number of allylic oxidation sites excluding steroid dienone is 2. The molecule has 0 fully saturated rings. The van der Waals surface area contributed by atoms with Crippen molar-refractivity contribution in [3.63, 3.8) is 0 Å². The van der Waals surface area contributed by atoms with Gasteiger partial charge in [0.15, 0.2) is 5.78 Å². The quantitative estimate of drug-likeness (QED) is 0.621. The van der Waals surface area contributed by atoms with E-state index in [1.54, 1.807) is 26.1 Å². The predicted molar refractivity (Wildman–Crippen MR) is 88.9 cm³/mol. The summed E-state index contributed by atoms with van der Waals surface area (Å²) >= 11 is 0. The Hall–Kier alpha value is -2.40. The molecule has 0 spiro atoms. The first-order valence-corrected chi connectivity index (χ1v) is 7.71. The Balaban J connectivity index is 2.05. The molecule has 5 nitrogen and oxygen atoms in total. The normalized spacial score (nSPS) is 14.7. The zero-order valence-corrected chi connectivity index (χ0v) is 13.4. The lowest BCUT2D eigenvalue weighted by Crippen LogP contribution is -2.49. The van der Waals surface area contributed by atoms with E-state index in [0.717, 1.165) is 0 Å². The van der Waals surface area contributed by atoms with Crippen LogP contribution >= 0.6 is 0 Å². The van der Waals surface area contributed by atoms with Crippen molar-refractivity contribution in [1.29, 1.82) is 0 Å². The molecule has 1 N–H and O–H groups in total. The molecule has 0 aliphatic heterocycles. The Morgan fingerprint density at radius 1 is 1.22 bits per heavy atom. The number of ether oxygens (including phenoxy) is 1. The Bertz CT molecular complexity index is 584. The van der Waals surface area contributed by atoms with Crippen LogP contribution < -0.4 is 5.43 Å². The average Bonchev–Trinajstić information content (AvgIpc) is 3.09. The SMILES string of the molecule is CCOC(=O)N(C)NC(CC(=O)c1ccccc1)C1C=CC=C1. The van der Waals surface area contributed by atoms with Gasteiger partial charge in [0.05, 0.1) is 6.61 Å². The van der Waals surface area contributed by atoms with E-state index in [-0.39, 0.29) is 24.2 Å². The van der Waals surface area contributed by atoms with Crippen LogP contribution in [-0.2, 0) is 4.74 Å². The number of nitrogens with zero attached hydrogens (tertiary/aromatic N) is 1. The van der Waals surface area contributed by atoms with Crippen LogP contribution in [-0.4, -0.2) is 36.6 Å². The van der Waals surface area contributed by atoms with Crippen LogP contribution in [0.3, 0.4) is 0 Å². The molecule has 5 heteroatoms. The monoisotopic (exact) mass is 314 g/mol. The number of benzene rings is 1. The average molecular weight is 314 g/mol. The van der Waals surface area contributed by atoms with Gasteiger partial charge in [0.2, 0.25) is 0 Å². The number of hydrogen-bond acceptors (Lipinski definition) is 4. The molecule has 1 amide bonds. The highest BCUT2D eigenvalue weighted by atomic mass is 16.6. The molecule has 1 aliphatic carbocycles. The minimum Gasteiger partial charge on any atom is -0.449 e. The third-order valence-corrected chi connectivity index (χ3v) is 3.64. The molecule has 1 aromatic carbocycles. The van der Waals surface area contributed by atoms with Crippen molar-refractivity contribution in [2.75, 3.05) is 13.7 Å². The standard InChI is InChI=1S/C18H22N2O3/c1-3-23-18(22)20(2)19-16(14-9-7-8-10-14)13-17(21)15-11-5-4-6-12-15/h4-12,14,16,19H,3,13H2,1-2H3. The molecule has 0 radical (unpaired) electrons. The van der Waals surface area contributed by atoms with Gasteiger partial charge in [-0.2, -0.15) is 0 Å². The first-order chi connectivity index (χ1) is 11.1. The van der Waals surface area contributed by atoms with Gasteiger partial charge in [-0.05, 0) is 6.92 Å². The van der Waals surface area contributed by atoms with Crippen LogP contribution in [0.5, 0.6) is 0 Å². The number of hydrazine groups is 1. The smallest absolute Gasteiger partial charge is 0.423 e. The number of carbonyl (C=O) groups excluding carboxylic acids is 2. The highest BCUT2D eigenvalue weighted by molar-refractivity contribution is 5.96. The third-order valence-electron chi connectivity index (χ3n) is 3.64. The predicted octanol–water partition coefficient (Wildman–Crippen LogP) is 2.96. The van der Waals surface area contributed by atoms with Crippen molar-refractivity contribution in [3.05, 3.63) is 60.2 Å². The first kappa shape index (κ1) is 17.0. The van der Waals surface area contributed by atoms with Gasteiger partial charge in [0, 0.05) is 31.0 Å². The molecule has 1 unspecified atom stereocenters. The summed E-state index contributed by atoms with van der Waals surface area (Å²) in [5.41, 5.74) is 3.75. The molecule has 1 atom stereocenters. The van der Waals surface area contributed by atoms with Crippen molar-refractivity contribution >= 4 is 11.9 Å². The number of hydrogen-bond donors (Lipinski definition) is 1. The molecule has 122 valence electrons. The van der Waals surface area contributed by atoms with E-state index in [1.165, 1.54) is 5.01 Å². The van der Waals surface area contributed by atoms with E-state index in [0.29, 0.717) is 12.2 Å². The van der Waals surface area contributed by atoms with Gasteiger partial charge >= 0.3 is 6.09 Å². The van der Waals surface area contributed by atoms with Crippen molar-refractivity contribution in [1.82, 2.24) is 10.4 Å². The van der Waals surface area contributed by atoms with Crippen molar-refractivity contribution in [2.45, 2.75) is 19.4 Å². The van der Waals surface area contributed by atoms with Crippen molar-refractivity contribution < 1.29 is 14.3 Å². The summed E-state index contributed by atoms with van der Waals surface area (Å²) in [4.78, 5) is 24.2. The van der Waals surface area contributed by atoms with Crippen molar-refractivity contribution in [2.24, 2.45) is 5.92 Å². The Morgan fingerprint density at radius 2 is 1.87 bits per heavy atom. The summed E-state index contributed by atoms with van der Waals surface area (Å²) in [5, 5.41) is 1.30. The minimum atomic E-state index is -0.462. The minimum absolute atomic E-state index is 0.0362. The summed E-state index contributed by atoms with van der Waals surface area (Å²) in [6.07, 6.45) is 7.72. The number of Topliss-reactive ketones (excluding diaryl/α,β-unsaturated/α-hetero) is 1. The summed E-state index contributed by atoms with van der Waals surface area (Å²) in [6.45, 7) is 2.06. The van der Waals surface area contributed by atoms with E-state index in [4.69, 9.17) is 4.74 Å². The number of ketones is 1. The van der Waals surface area contributed by atoms with Gasteiger partial charge in [0.25, 0.3) is 0 Å². The summed E-state index contributed by atoms with van der Waals surface area (Å²) in [6, 6.07) is 8.95. The maximum Gasteiger partial charge on any atom is 0.423 e. The Morgan fingerprint density at radius 3 is 2.48 bits per heavy atom.